The molecule has 0 fully saturated rings. The molecule has 0 aliphatic heterocycles. The number of nitrogens with one attached hydrogen (secondary N) is 5. The third kappa shape index (κ3) is 35.0. The number of tetrazole rings is 1. The molecule has 4 amide bonds. The monoisotopic (exact) mass is 899 g/mol. The van der Waals surface area contributed by atoms with Crippen LogP contribution in [0.15, 0.2) is 0 Å². The van der Waals surface area contributed by atoms with Crippen molar-refractivity contribution in [3.8, 4) is 0 Å². The molecular weight excluding hydrogens is 821 g/mol. The molecule has 2 atom stereocenters. The Bertz CT molecular complexity index is 1340. The van der Waals surface area contributed by atoms with Crippen LogP contribution in [0.25, 0.3) is 0 Å². The molecule has 1 heterocycles. The number of aromatic amines is 1. The first-order chi connectivity index (χ1) is 30.7. The Balaban J connectivity index is 1.89. The fourth-order valence-corrected chi connectivity index (χ4v) is 6.55. The number of rotatable bonds is 45. The zero-order valence-electron chi connectivity index (χ0n) is 37.8. The first-order valence-electron chi connectivity index (χ1n) is 23.1. The third-order valence-corrected chi connectivity index (χ3v) is 10.2. The molecule has 0 aliphatic carbocycles. The summed E-state index contributed by atoms with van der Waals surface area (Å²) in [5, 5.41) is 43.1. The van der Waals surface area contributed by atoms with Gasteiger partial charge in [0.25, 0.3) is 0 Å². The maximum atomic E-state index is 12.3. The molecule has 362 valence electrons. The molecular formula is C43H78N8O12. The number of carbonyl (C=O) groups is 6. The van der Waals surface area contributed by atoms with Crippen LogP contribution in [0, 0.1) is 5.92 Å². The van der Waals surface area contributed by atoms with Crippen molar-refractivity contribution < 1.29 is 57.9 Å². The van der Waals surface area contributed by atoms with Crippen molar-refractivity contribution in [1.29, 1.82) is 0 Å². The van der Waals surface area contributed by atoms with Gasteiger partial charge in [-0.15, -0.1) is 10.2 Å². The standard InChI is InChI=1S/C43H78N8O12/c1-2-35(37(53)32-52)18-16-17-23-44-41(56)33-62-30-29-61-27-25-46-42(57)34-63-31-28-60-26-24-45-39(54)22-21-36(43(58)59)47-40(55)20-15-13-11-9-7-5-3-4-6-8-10-12-14-19-38-48-50-51-49-38/h35-36,52H,2-34H2,1H3,(H,44,56)(H,45,54)(H,46,57)(H,47,55)(H,58,59)(H,48,49,50,51)/t35-,36-/m0/s1. The lowest BCUT2D eigenvalue weighted by Crippen LogP contribution is -2.41. The van der Waals surface area contributed by atoms with Crippen molar-refractivity contribution in [3.05, 3.63) is 5.82 Å². The molecule has 1 aromatic heterocycles. The van der Waals surface area contributed by atoms with Crippen molar-refractivity contribution in [1.82, 2.24) is 41.9 Å². The zero-order valence-corrected chi connectivity index (χ0v) is 37.8. The largest absolute Gasteiger partial charge is 0.480 e. The summed E-state index contributed by atoms with van der Waals surface area (Å²) in [5.74, 6) is -1.89. The van der Waals surface area contributed by atoms with E-state index in [1.54, 1.807) is 0 Å². The van der Waals surface area contributed by atoms with Crippen LogP contribution in [0.5, 0.6) is 0 Å². The van der Waals surface area contributed by atoms with Gasteiger partial charge in [0.15, 0.2) is 11.6 Å². The normalized spacial score (nSPS) is 12.1. The van der Waals surface area contributed by atoms with Crippen molar-refractivity contribution in [2.75, 3.05) is 79.1 Å². The maximum Gasteiger partial charge on any atom is 0.326 e. The highest BCUT2D eigenvalue weighted by Gasteiger charge is 2.21. The minimum atomic E-state index is -1.18. The van der Waals surface area contributed by atoms with Crippen LogP contribution in [0.2, 0.25) is 0 Å². The smallest absolute Gasteiger partial charge is 0.326 e. The minimum Gasteiger partial charge on any atom is -0.480 e. The predicted octanol–water partition coefficient (Wildman–Crippen LogP) is 2.73. The number of aliphatic carboxylic acids is 1. The summed E-state index contributed by atoms with van der Waals surface area (Å²) < 4.78 is 21.4. The van der Waals surface area contributed by atoms with Gasteiger partial charge in [0, 0.05) is 44.8 Å². The van der Waals surface area contributed by atoms with Crippen LogP contribution in [0.4, 0.5) is 0 Å². The second kappa shape index (κ2) is 40.7. The third-order valence-electron chi connectivity index (χ3n) is 10.2. The summed E-state index contributed by atoms with van der Waals surface area (Å²) in [6.07, 6.45) is 18.8. The van der Waals surface area contributed by atoms with Crippen molar-refractivity contribution in [2.24, 2.45) is 5.92 Å². The fourth-order valence-electron chi connectivity index (χ4n) is 6.55. The average molecular weight is 899 g/mol. The van der Waals surface area contributed by atoms with E-state index in [0.717, 1.165) is 50.8 Å². The Kier molecular flexibility index (Phi) is 36.7. The average Bonchev–Trinajstić information content (AvgIpc) is 3.80. The van der Waals surface area contributed by atoms with Crippen molar-refractivity contribution in [3.63, 3.8) is 0 Å². The number of hydrogen-bond acceptors (Lipinski definition) is 14. The topological polar surface area (TPSA) is 282 Å². The molecule has 0 unspecified atom stereocenters. The molecule has 0 saturated heterocycles. The Morgan fingerprint density at radius 3 is 1.63 bits per heavy atom. The number of ether oxygens (including phenoxy) is 4. The number of carbonyl (C=O) groups excluding carboxylic acids is 5. The van der Waals surface area contributed by atoms with E-state index in [-0.39, 0.29) is 121 Å². The summed E-state index contributed by atoms with van der Waals surface area (Å²) in [7, 11) is 0. The maximum absolute atomic E-state index is 12.3. The number of carboxylic acid groups (broad SMARTS) is 1. The summed E-state index contributed by atoms with van der Waals surface area (Å²) in [5.41, 5.74) is 0. The summed E-state index contributed by atoms with van der Waals surface area (Å²) in [6, 6.07) is -1.13. The van der Waals surface area contributed by atoms with E-state index < -0.39 is 18.6 Å². The molecule has 1 rings (SSSR count). The van der Waals surface area contributed by atoms with E-state index in [1.807, 2.05) is 6.92 Å². The fraction of sp³-hybridized carbons (Fsp3) is 0.837. The number of Topliss-reactive ketones (excluding diaryl/α,β-unsaturated/α-hetero) is 1. The molecule has 7 N–H and O–H groups in total. The van der Waals surface area contributed by atoms with Gasteiger partial charge >= 0.3 is 5.97 Å². The Labute approximate surface area is 373 Å². The van der Waals surface area contributed by atoms with E-state index in [2.05, 4.69) is 41.9 Å². The van der Waals surface area contributed by atoms with Crippen LogP contribution < -0.4 is 21.3 Å². The molecule has 1 aromatic rings. The number of amides is 4. The predicted molar refractivity (Wildman–Crippen MR) is 233 cm³/mol. The van der Waals surface area contributed by atoms with Gasteiger partial charge in [-0.05, 0) is 38.5 Å². The van der Waals surface area contributed by atoms with E-state index in [9.17, 15) is 33.9 Å². The van der Waals surface area contributed by atoms with Crippen LogP contribution in [-0.4, -0.2) is 151 Å². The number of aryl methyl sites for hydroxylation is 1. The molecule has 0 aliphatic rings. The lowest BCUT2D eigenvalue weighted by atomic mass is 9.95. The summed E-state index contributed by atoms with van der Waals surface area (Å²) in [4.78, 5) is 71.6. The van der Waals surface area contributed by atoms with Crippen LogP contribution >= 0.6 is 0 Å². The van der Waals surface area contributed by atoms with Gasteiger partial charge in [0.1, 0.15) is 25.9 Å². The van der Waals surface area contributed by atoms with Crippen molar-refractivity contribution >= 4 is 35.4 Å². The molecule has 0 radical (unpaired) electrons. The molecule has 0 aromatic carbocycles. The summed E-state index contributed by atoms with van der Waals surface area (Å²) in [6.45, 7) is 3.51. The van der Waals surface area contributed by atoms with E-state index in [4.69, 9.17) is 24.1 Å². The van der Waals surface area contributed by atoms with Crippen LogP contribution in [-0.2, 0) is 54.1 Å². The lowest BCUT2D eigenvalue weighted by Gasteiger charge is -2.14. The van der Waals surface area contributed by atoms with Gasteiger partial charge in [-0.25, -0.2) is 4.79 Å². The Hall–Kier alpha value is -4.11. The molecule has 0 spiro atoms. The highest BCUT2D eigenvalue weighted by molar-refractivity contribution is 5.84. The van der Waals surface area contributed by atoms with E-state index in [1.165, 1.54) is 51.4 Å². The Morgan fingerprint density at radius 2 is 1.11 bits per heavy atom. The SMILES string of the molecule is CC[C@@H](CCCCNC(=O)COCCOCCNC(=O)COCCOCCNC(=O)CC[C@H](NC(=O)CCCCCCCCCCCCCCCc1nn[nH]n1)C(=O)O)C(=O)CO. The van der Waals surface area contributed by atoms with E-state index in [0.29, 0.717) is 25.8 Å². The molecule has 0 bridgehead atoms. The second-order valence-electron chi connectivity index (χ2n) is 15.5. The van der Waals surface area contributed by atoms with Gasteiger partial charge in [-0.1, -0.05) is 89.2 Å². The van der Waals surface area contributed by atoms with Gasteiger partial charge < -0.3 is 50.4 Å². The number of aliphatic hydroxyl groups is 1. The number of nitrogens with zero attached hydrogens (tertiary/aromatic N) is 3. The number of aromatic nitrogens is 4. The number of aliphatic hydroxyl groups excluding tert-OH is 1. The second-order valence-corrected chi connectivity index (χ2v) is 15.5. The van der Waals surface area contributed by atoms with Gasteiger partial charge in [-0.2, -0.15) is 5.21 Å². The number of H-pyrrole nitrogens is 1. The summed E-state index contributed by atoms with van der Waals surface area (Å²) >= 11 is 0. The Morgan fingerprint density at radius 1 is 0.587 bits per heavy atom. The zero-order chi connectivity index (χ0) is 46.0. The number of carboxylic acids is 1. The highest BCUT2D eigenvalue weighted by Crippen LogP contribution is 2.15. The number of hydrogen-bond donors (Lipinski definition) is 7. The minimum absolute atomic E-state index is 0.0202. The quantitative estimate of drug-likeness (QED) is 0.0464. The first kappa shape index (κ1) is 56.9. The highest BCUT2D eigenvalue weighted by atomic mass is 16.5. The van der Waals surface area contributed by atoms with Crippen LogP contribution in [0.1, 0.15) is 141 Å². The number of ketones is 1. The number of unbranched alkanes of at least 4 members (excludes halogenated alkanes) is 13. The molecule has 20 nitrogen and oxygen atoms in total. The molecule has 20 heteroatoms. The molecule has 0 saturated carbocycles. The van der Waals surface area contributed by atoms with Crippen LogP contribution in [0.3, 0.4) is 0 Å². The van der Waals surface area contributed by atoms with Gasteiger partial charge in [0.05, 0.1) is 39.6 Å². The van der Waals surface area contributed by atoms with Gasteiger partial charge in [-0.3, -0.25) is 24.0 Å². The van der Waals surface area contributed by atoms with Gasteiger partial charge in [0.2, 0.25) is 23.6 Å². The first-order valence-corrected chi connectivity index (χ1v) is 23.1. The molecule has 63 heavy (non-hydrogen) atoms. The van der Waals surface area contributed by atoms with Crippen molar-refractivity contribution in [2.45, 2.75) is 148 Å². The lowest BCUT2D eigenvalue weighted by molar-refractivity contribution is -0.142. The van der Waals surface area contributed by atoms with E-state index >= 15 is 0 Å².